The van der Waals surface area contributed by atoms with E-state index < -0.39 is 0 Å². The van der Waals surface area contributed by atoms with Gasteiger partial charge in [-0.1, -0.05) is 0 Å². The molecule has 1 heterocycles. The molecule has 0 spiro atoms. The van der Waals surface area contributed by atoms with Crippen molar-refractivity contribution in [1.82, 2.24) is 10.2 Å². The van der Waals surface area contributed by atoms with Crippen molar-refractivity contribution in [3.63, 3.8) is 0 Å². The molecule has 0 radical (unpaired) electrons. The number of aromatic nitrogens is 2. The SMILES string of the molecule is CCOC(=O)c1n[nH]c2c1CCC2OCOC. The summed E-state index contributed by atoms with van der Waals surface area (Å²) in [5, 5.41) is 6.85. The van der Waals surface area contributed by atoms with Crippen molar-refractivity contribution >= 4 is 5.97 Å². The highest BCUT2D eigenvalue weighted by Crippen LogP contribution is 2.34. The van der Waals surface area contributed by atoms with E-state index in [-0.39, 0.29) is 18.9 Å². The molecule has 17 heavy (non-hydrogen) atoms. The molecule has 6 heteroatoms. The highest BCUT2D eigenvalue weighted by molar-refractivity contribution is 5.89. The highest BCUT2D eigenvalue weighted by atomic mass is 16.7. The van der Waals surface area contributed by atoms with E-state index in [1.807, 2.05) is 0 Å². The van der Waals surface area contributed by atoms with Gasteiger partial charge in [-0.05, 0) is 19.8 Å². The van der Waals surface area contributed by atoms with Crippen molar-refractivity contribution in [3.05, 3.63) is 17.0 Å². The summed E-state index contributed by atoms with van der Waals surface area (Å²) in [7, 11) is 1.58. The quantitative estimate of drug-likeness (QED) is 0.618. The van der Waals surface area contributed by atoms with Crippen LogP contribution < -0.4 is 0 Å². The number of hydrogen-bond donors (Lipinski definition) is 1. The number of H-pyrrole nitrogens is 1. The molecule has 1 aliphatic rings. The highest BCUT2D eigenvalue weighted by Gasteiger charge is 2.31. The fourth-order valence-corrected chi connectivity index (χ4v) is 2.00. The molecule has 0 bridgehead atoms. The molecule has 0 saturated heterocycles. The van der Waals surface area contributed by atoms with Gasteiger partial charge in [-0.2, -0.15) is 5.10 Å². The van der Waals surface area contributed by atoms with Crippen LogP contribution in [0.2, 0.25) is 0 Å². The first-order valence-electron chi connectivity index (χ1n) is 5.62. The number of ether oxygens (including phenoxy) is 3. The van der Waals surface area contributed by atoms with Gasteiger partial charge < -0.3 is 14.2 Å². The largest absolute Gasteiger partial charge is 0.461 e. The predicted octanol–water partition coefficient (Wildman–Crippen LogP) is 1.19. The number of methoxy groups -OCH3 is 1. The first-order chi connectivity index (χ1) is 8.27. The monoisotopic (exact) mass is 240 g/mol. The van der Waals surface area contributed by atoms with Gasteiger partial charge in [0.25, 0.3) is 0 Å². The third kappa shape index (κ3) is 2.32. The summed E-state index contributed by atoms with van der Waals surface area (Å²) >= 11 is 0. The lowest BCUT2D eigenvalue weighted by atomic mass is 10.2. The summed E-state index contributed by atoms with van der Waals surface area (Å²) in [5.74, 6) is -0.377. The maximum atomic E-state index is 11.6. The average Bonchev–Trinajstić information content (AvgIpc) is 2.87. The molecule has 0 aromatic carbocycles. The van der Waals surface area contributed by atoms with Gasteiger partial charge >= 0.3 is 5.97 Å². The van der Waals surface area contributed by atoms with E-state index in [4.69, 9.17) is 14.2 Å². The normalized spacial score (nSPS) is 18.1. The van der Waals surface area contributed by atoms with Crippen LogP contribution in [-0.4, -0.2) is 36.7 Å². The van der Waals surface area contributed by atoms with Crippen molar-refractivity contribution in [2.75, 3.05) is 20.5 Å². The minimum atomic E-state index is -0.377. The lowest BCUT2D eigenvalue weighted by molar-refractivity contribution is -0.0737. The molecule has 1 N–H and O–H groups in total. The molecular formula is C11H16N2O4. The van der Waals surface area contributed by atoms with E-state index >= 15 is 0 Å². The number of aromatic amines is 1. The molecular weight excluding hydrogens is 224 g/mol. The topological polar surface area (TPSA) is 73.4 Å². The van der Waals surface area contributed by atoms with Crippen LogP contribution >= 0.6 is 0 Å². The molecule has 1 unspecified atom stereocenters. The Morgan fingerprint density at radius 2 is 2.41 bits per heavy atom. The van der Waals surface area contributed by atoms with Crippen LogP contribution in [0.25, 0.3) is 0 Å². The smallest absolute Gasteiger partial charge is 0.359 e. The lowest BCUT2D eigenvalue weighted by Crippen LogP contribution is -2.07. The number of fused-ring (bicyclic) bond motifs is 1. The van der Waals surface area contributed by atoms with Crippen molar-refractivity contribution in [2.45, 2.75) is 25.9 Å². The van der Waals surface area contributed by atoms with E-state index in [1.165, 1.54) is 0 Å². The fraction of sp³-hybridized carbons (Fsp3) is 0.636. The Morgan fingerprint density at radius 1 is 1.59 bits per heavy atom. The van der Waals surface area contributed by atoms with E-state index in [9.17, 15) is 4.79 Å². The third-order valence-electron chi connectivity index (χ3n) is 2.73. The summed E-state index contributed by atoms with van der Waals surface area (Å²) < 4.78 is 15.3. The van der Waals surface area contributed by atoms with Gasteiger partial charge in [0.05, 0.1) is 12.3 Å². The minimum absolute atomic E-state index is 0.0689. The van der Waals surface area contributed by atoms with E-state index in [1.54, 1.807) is 14.0 Å². The standard InChI is InChI=1S/C11H16N2O4/c1-3-16-11(14)10-7-4-5-8(17-6-15-2)9(7)12-13-10/h8H,3-6H2,1-2H3,(H,12,13). The first kappa shape index (κ1) is 12.1. The van der Waals surface area contributed by atoms with Crippen molar-refractivity contribution in [3.8, 4) is 0 Å². The molecule has 0 saturated carbocycles. The lowest BCUT2D eigenvalue weighted by Gasteiger charge is -2.09. The number of nitrogens with one attached hydrogen (secondary N) is 1. The first-order valence-corrected chi connectivity index (χ1v) is 5.62. The van der Waals surface area contributed by atoms with Crippen LogP contribution in [0, 0.1) is 0 Å². The van der Waals surface area contributed by atoms with Crippen LogP contribution in [0.4, 0.5) is 0 Å². The van der Waals surface area contributed by atoms with Crippen molar-refractivity contribution in [1.29, 1.82) is 0 Å². The Morgan fingerprint density at radius 3 is 3.12 bits per heavy atom. The molecule has 1 aromatic heterocycles. The number of carbonyl (C=O) groups is 1. The number of carbonyl (C=O) groups excluding carboxylic acids is 1. The summed E-state index contributed by atoms with van der Waals surface area (Å²) in [5.41, 5.74) is 2.15. The zero-order valence-corrected chi connectivity index (χ0v) is 9.99. The molecule has 1 aliphatic carbocycles. The molecule has 1 aromatic rings. The van der Waals surface area contributed by atoms with Gasteiger partial charge in [0.2, 0.25) is 0 Å². The average molecular weight is 240 g/mol. The molecule has 0 aliphatic heterocycles. The van der Waals surface area contributed by atoms with E-state index in [0.717, 1.165) is 24.1 Å². The maximum Gasteiger partial charge on any atom is 0.359 e. The summed E-state index contributed by atoms with van der Waals surface area (Å²) in [4.78, 5) is 11.6. The molecule has 2 rings (SSSR count). The van der Waals surface area contributed by atoms with Crippen molar-refractivity contribution in [2.24, 2.45) is 0 Å². The number of rotatable bonds is 5. The van der Waals surface area contributed by atoms with Crippen LogP contribution in [0.1, 0.15) is 41.2 Å². The van der Waals surface area contributed by atoms with E-state index in [2.05, 4.69) is 10.2 Å². The second kappa shape index (κ2) is 5.29. The van der Waals surface area contributed by atoms with Crippen LogP contribution in [0.5, 0.6) is 0 Å². The van der Waals surface area contributed by atoms with Gasteiger partial charge in [-0.25, -0.2) is 4.79 Å². The molecule has 94 valence electrons. The Balaban J connectivity index is 2.12. The molecule has 0 fully saturated rings. The summed E-state index contributed by atoms with van der Waals surface area (Å²) in [6, 6.07) is 0. The molecule has 6 nitrogen and oxygen atoms in total. The molecule has 1 atom stereocenters. The Kier molecular flexibility index (Phi) is 3.75. The van der Waals surface area contributed by atoms with Gasteiger partial charge in [0.15, 0.2) is 5.69 Å². The van der Waals surface area contributed by atoms with Crippen molar-refractivity contribution < 1.29 is 19.0 Å². The van der Waals surface area contributed by atoms with Crippen LogP contribution in [-0.2, 0) is 20.6 Å². The summed E-state index contributed by atoms with van der Waals surface area (Å²) in [6.07, 6.45) is 1.54. The molecule has 0 amide bonds. The predicted molar refractivity (Wildman–Crippen MR) is 58.6 cm³/mol. The second-order valence-electron chi connectivity index (χ2n) is 3.79. The zero-order valence-electron chi connectivity index (χ0n) is 9.99. The minimum Gasteiger partial charge on any atom is -0.461 e. The zero-order chi connectivity index (χ0) is 12.3. The fourth-order valence-electron chi connectivity index (χ4n) is 2.00. The number of hydrogen-bond acceptors (Lipinski definition) is 5. The Hall–Kier alpha value is -1.40. The van der Waals surface area contributed by atoms with Crippen LogP contribution in [0.15, 0.2) is 0 Å². The second-order valence-corrected chi connectivity index (χ2v) is 3.79. The Labute approximate surface area is 99.2 Å². The maximum absolute atomic E-state index is 11.6. The third-order valence-corrected chi connectivity index (χ3v) is 2.73. The van der Waals surface area contributed by atoms with E-state index in [0.29, 0.717) is 12.3 Å². The van der Waals surface area contributed by atoms with Gasteiger partial charge in [0, 0.05) is 12.7 Å². The Bertz CT molecular complexity index is 402. The summed E-state index contributed by atoms with van der Waals surface area (Å²) in [6.45, 7) is 2.36. The van der Waals surface area contributed by atoms with Crippen LogP contribution in [0.3, 0.4) is 0 Å². The van der Waals surface area contributed by atoms with Gasteiger partial charge in [-0.15, -0.1) is 0 Å². The number of esters is 1. The van der Waals surface area contributed by atoms with Gasteiger partial charge in [-0.3, -0.25) is 5.10 Å². The van der Waals surface area contributed by atoms with Gasteiger partial charge in [0.1, 0.15) is 12.9 Å². The number of nitrogens with zero attached hydrogens (tertiary/aromatic N) is 1.